The Morgan fingerprint density at radius 2 is 1.96 bits per heavy atom. The van der Waals surface area contributed by atoms with Gasteiger partial charge in [0.05, 0.1) is 12.0 Å². The van der Waals surface area contributed by atoms with Gasteiger partial charge in [0, 0.05) is 13.6 Å². The van der Waals surface area contributed by atoms with Crippen LogP contribution in [0.1, 0.15) is 11.3 Å². The molecule has 0 amide bonds. The molecular formula is C16H14IN5O. The fraction of sp³-hybridized carbons (Fsp3) is 0.188. The van der Waals surface area contributed by atoms with Crippen LogP contribution >= 0.6 is 22.6 Å². The molecule has 4 rings (SSSR count). The molecule has 0 unspecified atom stereocenters. The number of aromatic nitrogens is 5. The summed E-state index contributed by atoms with van der Waals surface area (Å²) in [4.78, 5) is 21.9. The lowest BCUT2D eigenvalue weighted by Crippen LogP contribution is -2.21. The van der Waals surface area contributed by atoms with Gasteiger partial charge in [-0.25, -0.2) is 14.4 Å². The van der Waals surface area contributed by atoms with E-state index in [1.165, 1.54) is 0 Å². The second kappa shape index (κ2) is 5.19. The Hall–Kier alpha value is -2.16. The molecule has 7 heteroatoms. The van der Waals surface area contributed by atoms with Crippen LogP contribution in [0.25, 0.3) is 16.9 Å². The van der Waals surface area contributed by atoms with Gasteiger partial charge in [-0.3, -0.25) is 9.36 Å². The number of fused-ring (bicyclic) bond motifs is 2. The smallest absolute Gasteiger partial charge is 0.285 e. The fourth-order valence-electron chi connectivity index (χ4n) is 2.87. The third-order valence-corrected chi connectivity index (χ3v) is 5.09. The Morgan fingerprint density at radius 1 is 1.22 bits per heavy atom. The minimum atomic E-state index is -0.0746. The van der Waals surface area contributed by atoms with E-state index in [-0.39, 0.29) is 5.56 Å². The summed E-state index contributed by atoms with van der Waals surface area (Å²) in [7, 11) is 1.89. The zero-order valence-corrected chi connectivity index (χ0v) is 14.9. The Balaban J connectivity index is 2.03. The van der Waals surface area contributed by atoms with Gasteiger partial charge >= 0.3 is 0 Å². The summed E-state index contributed by atoms with van der Waals surface area (Å²) in [5.74, 6) is 0.620. The summed E-state index contributed by atoms with van der Waals surface area (Å²) in [5.41, 5.74) is 3.16. The van der Waals surface area contributed by atoms with E-state index in [0.29, 0.717) is 23.5 Å². The highest BCUT2D eigenvalue weighted by Gasteiger charge is 2.18. The third-order valence-electron chi connectivity index (χ3n) is 4.07. The van der Waals surface area contributed by atoms with Crippen LogP contribution in [0, 0.1) is 10.6 Å². The SMILES string of the molecule is Cc1c(I)nc2n(C)c3ncn(Cc4ccccc4)c3c(=O)n12. The predicted molar refractivity (Wildman–Crippen MR) is 96.7 cm³/mol. The van der Waals surface area contributed by atoms with Crippen LogP contribution in [0.2, 0.25) is 0 Å². The lowest BCUT2D eigenvalue weighted by Gasteiger charge is -2.07. The molecule has 0 saturated heterocycles. The zero-order chi connectivity index (χ0) is 16.1. The maximum atomic E-state index is 13.0. The van der Waals surface area contributed by atoms with Gasteiger partial charge in [-0.1, -0.05) is 30.3 Å². The molecule has 3 heterocycles. The van der Waals surface area contributed by atoms with E-state index >= 15 is 0 Å². The van der Waals surface area contributed by atoms with Crippen molar-refractivity contribution in [1.82, 2.24) is 23.5 Å². The van der Waals surface area contributed by atoms with Crippen LogP contribution in [-0.2, 0) is 13.6 Å². The number of imidazole rings is 2. The van der Waals surface area contributed by atoms with Gasteiger partial charge in [-0.05, 0) is 35.1 Å². The second-order valence-corrected chi connectivity index (χ2v) is 6.54. The molecule has 0 fully saturated rings. The average molecular weight is 419 g/mol. The first-order chi connectivity index (χ1) is 11.1. The van der Waals surface area contributed by atoms with Crippen LogP contribution in [-0.4, -0.2) is 23.5 Å². The minimum absolute atomic E-state index is 0.0746. The molecule has 6 nitrogen and oxygen atoms in total. The van der Waals surface area contributed by atoms with Crippen LogP contribution in [0.3, 0.4) is 0 Å². The number of nitrogens with zero attached hydrogens (tertiary/aromatic N) is 5. The molecule has 0 bridgehead atoms. The normalized spacial score (nSPS) is 11.6. The van der Waals surface area contributed by atoms with Crippen LogP contribution in [0.15, 0.2) is 41.5 Å². The van der Waals surface area contributed by atoms with Gasteiger partial charge in [0.1, 0.15) is 3.70 Å². The summed E-state index contributed by atoms with van der Waals surface area (Å²) >= 11 is 2.15. The lowest BCUT2D eigenvalue weighted by atomic mass is 10.2. The first-order valence-electron chi connectivity index (χ1n) is 7.20. The van der Waals surface area contributed by atoms with E-state index in [9.17, 15) is 4.79 Å². The molecule has 0 aliphatic rings. The van der Waals surface area contributed by atoms with Crippen molar-refractivity contribution in [3.8, 4) is 0 Å². The summed E-state index contributed by atoms with van der Waals surface area (Å²) in [5, 5.41) is 0. The Morgan fingerprint density at radius 3 is 2.70 bits per heavy atom. The molecule has 0 atom stereocenters. The van der Waals surface area contributed by atoms with Crippen molar-refractivity contribution in [2.24, 2.45) is 7.05 Å². The molecular weight excluding hydrogens is 405 g/mol. The van der Waals surface area contributed by atoms with Gasteiger partial charge < -0.3 is 4.57 Å². The zero-order valence-electron chi connectivity index (χ0n) is 12.7. The van der Waals surface area contributed by atoms with E-state index in [1.54, 1.807) is 10.7 Å². The van der Waals surface area contributed by atoms with Crippen molar-refractivity contribution in [2.75, 3.05) is 0 Å². The molecule has 0 saturated carbocycles. The second-order valence-electron chi connectivity index (χ2n) is 5.52. The average Bonchev–Trinajstić information content (AvgIpc) is 3.09. The van der Waals surface area contributed by atoms with Crippen LogP contribution in [0.4, 0.5) is 0 Å². The molecule has 0 radical (unpaired) electrons. The fourth-order valence-corrected chi connectivity index (χ4v) is 3.32. The van der Waals surface area contributed by atoms with Crippen molar-refractivity contribution in [1.29, 1.82) is 0 Å². The topological polar surface area (TPSA) is 57.1 Å². The van der Waals surface area contributed by atoms with E-state index < -0.39 is 0 Å². The Labute approximate surface area is 145 Å². The summed E-state index contributed by atoms with van der Waals surface area (Å²) in [6.45, 7) is 2.52. The number of halogens is 1. The number of hydrogen-bond acceptors (Lipinski definition) is 3. The molecule has 116 valence electrons. The quantitative estimate of drug-likeness (QED) is 0.469. The van der Waals surface area contributed by atoms with E-state index in [0.717, 1.165) is 15.0 Å². The first-order valence-corrected chi connectivity index (χ1v) is 8.28. The van der Waals surface area contributed by atoms with E-state index in [1.807, 2.05) is 53.4 Å². The molecule has 23 heavy (non-hydrogen) atoms. The van der Waals surface area contributed by atoms with Gasteiger partial charge in [0.25, 0.3) is 5.56 Å². The largest absolute Gasteiger partial charge is 0.320 e. The third kappa shape index (κ3) is 2.10. The Kier molecular flexibility index (Phi) is 3.26. The lowest BCUT2D eigenvalue weighted by molar-refractivity contribution is 0.813. The number of benzene rings is 1. The molecule has 0 N–H and O–H groups in total. The van der Waals surface area contributed by atoms with Gasteiger partial charge in [0.15, 0.2) is 11.2 Å². The van der Waals surface area contributed by atoms with Crippen molar-refractivity contribution < 1.29 is 0 Å². The number of hydrogen-bond donors (Lipinski definition) is 0. The molecule has 0 spiro atoms. The number of aryl methyl sites for hydroxylation is 2. The molecule has 1 aromatic carbocycles. The molecule has 4 aromatic rings. The van der Waals surface area contributed by atoms with Gasteiger partial charge in [0.2, 0.25) is 5.78 Å². The molecule has 0 aliphatic carbocycles. The summed E-state index contributed by atoms with van der Waals surface area (Å²) in [6.07, 6.45) is 1.72. The van der Waals surface area contributed by atoms with E-state index in [4.69, 9.17) is 0 Å². The van der Waals surface area contributed by atoms with E-state index in [2.05, 4.69) is 32.6 Å². The van der Waals surface area contributed by atoms with Crippen molar-refractivity contribution in [3.63, 3.8) is 0 Å². The highest BCUT2D eigenvalue weighted by Crippen LogP contribution is 2.17. The maximum Gasteiger partial charge on any atom is 0.285 e. The summed E-state index contributed by atoms with van der Waals surface area (Å²) in [6, 6.07) is 10.1. The maximum absolute atomic E-state index is 13.0. The predicted octanol–water partition coefficient (Wildman–Crippen LogP) is 2.34. The van der Waals surface area contributed by atoms with Crippen molar-refractivity contribution in [2.45, 2.75) is 13.5 Å². The first kappa shape index (κ1) is 14.4. The van der Waals surface area contributed by atoms with Crippen LogP contribution in [0.5, 0.6) is 0 Å². The van der Waals surface area contributed by atoms with Gasteiger partial charge in [-0.15, -0.1) is 0 Å². The van der Waals surface area contributed by atoms with Crippen molar-refractivity contribution >= 4 is 39.5 Å². The number of rotatable bonds is 2. The highest BCUT2D eigenvalue weighted by molar-refractivity contribution is 14.1. The van der Waals surface area contributed by atoms with Crippen molar-refractivity contribution in [3.05, 3.63) is 62.0 Å². The summed E-state index contributed by atoms with van der Waals surface area (Å²) < 4.78 is 6.26. The monoisotopic (exact) mass is 419 g/mol. The minimum Gasteiger partial charge on any atom is -0.320 e. The van der Waals surface area contributed by atoms with Gasteiger partial charge in [-0.2, -0.15) is 0 Å². The Bertz CT molecular complexity index is 1090. The molecule has 3 aromatic heterocycles. The molecule has 0 aliphatic heterocycles. The standard InChI is InChI=1S/C16H14IN5O/c1-10-13(17)19-16-20(2)14-12(15(23)22(10)16)21(9-18-14)8-11-6-4-3-5-7-11/h3-7,9H,8H2,1-2H3. The van der Waals surface area contributed by atoms with Crippen LogP contribution < -0.4 is 5.56 Å². The highest BCUT2D eigenvalue weighted by atomic mass is 127.